The van der Waals surface area contributed by atoms with Crippen LogP contribution in [0.15, 0.2) is 18.2 Å². The first-order valence-corrected chi connectivity index (χ1v) is 9.16. The molecule has 1 aromatic rings. The minimum absolute atomic E-state index is 0.0107. The molecule has 1 unspecified atom stereocenters. The third kappa shape index (κ3) is 2.26. The molecule has 1 aromatic carbocycles. The number of fused-ring (bicyclic) bond motifs is 5. The van der Waals surface area contributed by atoms with Crippen LogP contribution in [0.1, 0.15) is 69.0 Å². The molecule has 4 heteroatoms. The number of benzene rings is 1. The van der Waals surface area contributed by atoms with Crippen LogP contribution in [0.25, 0.3) is 0 Å². The van der Waals surface area contributed by atoms with E-state index in [1.165, 1.54) is 12.5 Å². The Hall–Kier alpha value is -1.55. The van der Waals surface area contributed by atoms with Gasteiger partial charge in [-0.1, -0.05) is 13.0 Å². The third-order valence-electron chi connectivity index (χ3n) is 7.05. The van der Waals surface area contributed by atoms with Gasteiger partial charge >= 0.3 is 5.97 Å². The number of ether oxygens (including phenoxy) is 1. The number of carbonyl (C=O) groups excluding carboxylic acids is 1. The van der Waals surface area contributed by atoms with E-state index < -0.39 is 0 Å². The van der Waals surface area contributed by atoms with E-state index in [0.29, 0.717) is 23.5 Å². The fourth-order valence-electron chi connectivity index (χ4n) is 5.99. The van der Waals surface area contributed by atoms with Crippen LogP contribution in [0, 0.1) is 17.3 Å². The highest BCUT2D eigenvalue weighted by atomic mass is 16.5. The van der Waals surface area contributed by atoms with E-state index >= 15 is 0 Å². The molecular weight excluding hydrogens is 302 g/mol. The maximum atomic E-state index is 11.5. The number of nitrogens with two attached hydrogens (primary N) is 1. The smallest absolute Gasteiger partial charge is 0.302 e. The lowest BCUT2D eigenvalue weighted by Gasteiger charge is -2.51. The Labute approximate surface area is 143 Å². The molecule has 24 heavy (non-hydrogen) atoms. The topological polar surface area (TPSA) is 72.5 Å². The third-order valence-corrected chi connectivity index (χ3v) is 7.05. The highest BCUT2D eigenvalue weighted by molar-refractivity contribution is 5.66. The highest BCUT2D eigenvalue weighted by Gasteiger charge is 2.56. The summed E-state index contributed by atoms with van der Waals surface area (Å²) >= 11 is 0. The van der Waals surface area contributed by atoms with E-state index in [0.717, 1.165) is 37.7 Å². The van der Waals surface area contributed by atoms with E-state index in [4.69, 9.17) is 10.5 Å². The molecule has 130 valence electrons. The molecule has 0 saturated heterocycles. The summed E-state index contributed by atoms with van der Waals surface area (Å²) < 4.78 is 5.67. The van der Waals surface area contributed by atoms with Crippen molar-refractivity contribution in [2.45, 2.75) is 64.0 Å². The zero-order chi connectivity index (χ0) is 17.1. The maximum absolute atomic E-state index is 11.5. The first-order valence-electron chi connectivity index (χ1n) is 9.16. The molecule has 4 rings (SSSR count). The van der Waals surface area contributed by atoms with Gasteiger partial charge in [0.15, 0.2) is 0 Å². The predicted octanol–water partition coefficient (Wildman–Crippen LogP) is 3.64. The largest absolute Gasteiger partial charge is 0.508 e. The molecule has 0 spiro atoms. The van der Waals surface area contributed by atoms with E-state index in [-0.39, 0.29) is 23.5 Å². The van der Waals surface area contributed by atoms with Gasteiger partial charge in [0.05, 0.1) is 0 Å². The van der Waals surface area contributed by atoms with Crippen molar-refractivity contribution in [3.63, 3.8) is 0 Å². The number of phenolic OH excluding ortho intramolecular Hbond substituents is 1. The molecule has 2 fully saturated rings. The van der Waals surface area contributed by atoms with Gasteiger partial charge in [0.25, 0.3) is 0 Å². The van der Waals surface area contributed by atoms with Crippen molar-refractivity contribution in [3.05, 3.63) is 29.3 Å². The standard InChI is InChI=1S/C20H27NO3/c1-11(22)24-19-6-5-17-15-10-18(21)16-9-12(23)3-4-13(16)14(15)7-8-20(17,19)2/h3-4,9,14-15,17-19,23H,5-8,10,21H2,1-2H3/t14-,15-,17+,18?,19+,20+/m1/s1. The monoisotopic (exact) mass is 329 g/mol. The Morgan fingerprint density at radius 2 is 2.08 bits per heavy atom. The quantitative estimate of drug-likeness (QED) is 0.772. The summed E-state index contributed by atoms with van der Waals surface area (Å²) in [5, 5.41) is 9.81. The summed E-state index contributed by atoms with van der Waals surface area (Å²) in [6, 6.07) is 5.70. The van der Waals surface area contributed by atoms with Crippen LogP contribution in [0.4, 0.5) is 0 Å². The van der Waals surface area contributed by atoms with E-state index in [1.807, 2.05) is 6.07 Å². The first-order chi connectivity index (χ1) is 11.4. The fourth-order valence-corrected chi connectivity index (χ4v) is 5.99. The van der Waals surface area contributed by atoms with Crippen molar-refractivity contribution < 1.29 is 14.6 Å². The minimum atomic E-state index is -0.162. The summed E-state index contributed by atoms with van der Waals surface area (Å²) in [5.41, 5.74) is 9.00. The molecule has 3 aliphatic carbocycles. The molecule has 0 aromatic heterocycles. The zero-order valence-corrected chi connectivity index (χ0v) is 14.5. The van der Waals surface area contributed by atoms with Crippen molar-refractivity contribution in [2.75, 3.05) is 0 Å². The molecule has 0 bridgehead atoms. The van der Waals surface area contributed by atoms with Gasteiger partial charge < -0.3 is 15.6 Å². The molecule has 0 radical (unpaired) electrons. The van der Waals surface area contributed by atoms with Crippen molar-refractivity contribution >= 4 is 5.97 Å². The first kappa shape index (κ1) is 15.9. The maximum Gasteiger partial charge on any atom is 0.302 e. The van der Waals surface area contributed by atoms with Crippen LogP contribution in [0.2, 0.25) is 0 Å². The Bertz CT molecular complexity index is 673. The summed E-state index contributed by atoms with van der Waals surface area (Å²) in [6.45, 7) is 3.83. The molecule has 0 aliphatic heterocycles. The number of hydrogen-bond donors (Lipinski definition) is 2. The molecule has 3 N–H and O–H groups in total. The summed E-state index contributed by atoms with van der Waals surface area (Å²) in [7, 11) is 0. The van der Waals surface area contributed by atoms with Crippen molar-refractivity contribution in [1.29, 1.82) is 0 Å². The second-order valence-electron chi connectivity index (χ2n) is 8.25. The molecule has 6 atom stereocenters. The van der Waals surface area contributed by atoms with Crippen LogP contribution in [0.3, 0.4) is 0 Å². The average Bonchev–Trinajstić information content (AvgIpc) is 2.84. The Morgan fingerprint density at radius 3 is 2.83 bits per heavy atom. The molecule has 2 saturated carbocycles. The number of carbonyl (C=O) groups is 1. The van der Waals surface area contributed by atoms with Crippen LogP contribution < -0.4 is 5.73 Å². The zero-order valence-electron chi connectivity index (χ0n) is 14.5. The van der Waals surface area contributed by atoms with Gasteiger partial charge in [-0.2, -0.15) is 0 Å². The summed E-state index contributed by atoms with van der Waals surface area (Å²) in [5.74, 6) is 1.78. The Morgan fingerprint density at radius 1 is 1.29 bits per heavy atom. The SMILES string of the molecule is CC(=O)O[C@H]1CC[C@H]2[C@@H]3CC(N)c4cc(O)ccc4[C@H]3CC[C@]12C. The second kappa shape index (κ2) is 5.48. The molecule has 0 heterocycles. The average molecular weight is 329 g/mol. The number of hydrogen-bond acceptors (Lipinski definition) is 4. The lowest BCUT2D eigenvalue weighted by Crippen LogP contribution is -2.46. The Balaban J connectivity index is 1.67. The molecular formula is C20H27NO3. The number of phenols is 1. The van der Waals surface area contributed by atoms with Gasteiger partial charge in [-0.3, -0.25) is 4.79 Å². The van der Waals surface area contributed by atoms with Crippen LogP contribution in [-0.2, 0) is 9.53 Å². The molecule has 0 amide bonds. The lowest BCUT2D eigenvalue weighted by molar-refractivity contribution is -0.154. The van der Waals surface area contributed by atoms with E-state index in [9.17, 15) is 9.90 Å². The molecule has 4 nitrogen and oxygen atoms in total. The van der Waals surface area contributed by atoms with Gasteiger partial charge in [0, 0.05) is 18.4 Å². The van der Waals surface area contributed by atoms with Gasteiger partial charge in [-0.25, -0.2) is 0 Å². The van der Waals surface area contributed by atoms with Crippen LogP contribution >= 0.6 is 0 Å². The predicted molar refractivity (Wildman–Crippen MR) is 91.5 cm³/mol. The van der Waals surface area contributed by atoms with Crippen molar-refractivity contribution in [3.8, 4) is 5.75 Å². The van der Waals surface area contributed by atoms with Crippen molar-refractivity contribution in [1.82, 2.24) is 0 Å². The molecule has 3 aliphatic rings. The second-order valence-corrected chi connectivity index (χ2v) is 8.25. The normalized spacial score (nSPS) is 40.4. The van der Waals surface area contributed by atoms with E-state index in [2.05, 4.69) is 13.0 Å². The summed E-state index contributed by atoms with van der Waals surface area (Å²) in [4.78, 5) is 11.5. The van der Waals surface area contributed by atoms with Crippen LogP contribution in [-0.4, -0.2) is 17.2 Å². The van der Waals surface area contributed by atoms with Gasteiger partial charge in [-0.05, 0) is 73.1 Å². The van der Waals surface area contributed by atoms with Gasteiger partial charge in [0.1, 0.15) is 11.9 Å². The fraction of sp³-hybridized carbons (Fsp3) is 0.650. The van der Waals surface area contributed by atoms with Crippen LogP contribution in [0.5, 0.6) is 5.75 Å². The van der Waals surface area contributed by atoms with Gasteiger partial charge in [-0.15, -0.1) is 0 Å². The number of esters is 1. The highest BCUT2D eigenvalue weighted by Crippen LogP contribution is 2.62. The van der Waals surface area contributed by atoms with Crippen molar-refractivity contribution in [2.24, 2.45) is 23.0 Å². The van der Waals surface area contributed by atoms with Gasteiger partial charge in [0.2, 0.25) is 0 Å². The Kier molecular flexibility index (Phi) is 3.64. The van der Waals surface area contributed by atoms with E-state index in [1.54, 1.807) is 6.07 Å². The number of rotatable bonds is 1. The summed E-state index contributed by atoms with van der Waals surface area (Å²) in [6.07, 6.45) is 5.32. The lowest BCUT2D eigenvalue weighted by atomic mass is 9.55. The number of aromatic hydroxyl groups is 1. The minimum Gasteiger partial charge on any atom is -0.508 e.